The van der Waals surface area contributed by atoms with Crippen LogP contribution < -0.4 is 10.2 Å². The molecule has 6 heteroatoms. The normalized spacial score (nSPS) is 15.6. The van der Waals surface area contributed by atoms with E-state index in [0.29, 0.717) is 0 Å². The number of aromatic nitrogens is 2. The Morgan fingerprint density at radius 3 is 2.76 bits per heavy atom. The van der Waals surface area contributed by atoms with Crippen molar-refractivity contribution in [3.8, 4) is 0 Å². The van der Waals surface area contributed by atoms with Crippen LogP contribution in [0.5, 0.6) is 0 Å². The van der Waals surface area contributed by atoms with Gasteiger partial charge in [0.2, 0.25) is 0 Å². The summed E-state index contributed by atoms with van der Waals surface area (Å²) in [6.45, 7) is 8.04. The Hall–Kier alpha value is -2.18. The van der Waals surface area contributed by atoms with Crippen LogP contribution in [0.1, 0.15) is 12.6 Å². The van der Waals surface area contributed by atoms with E-state index in [1.165, 1.54) is 10.1 Å². The van der Waals surface area contributed by atoms with Crippen LogP contribution in [-0.4, -0.2) is 47.6 Å². The molecule has 1 fully saturated rings. The summed E-state index contributed by atoms with van der Waals surface area (Å²) in [5.41, 5.74) is 2.28. The van der Waals surface area contributed by atoms with E-state index in [2.05, 4.69) is 55.6 Å². The van der Waals surface area contributed by atoms with Crippen LogP contribution >= 0.6 is 11.3 Å². The lowest BCUT2D eigenvalue weighted by molar-refractivity contribution is 0.247. The third-order valence-corrected chi connectivity index (χ3v) is 5.50. The third kappa shape index (κ3) is 3.60. The summed E-state index contributed by atoms with van der Waals surface area (Å²) in [6.07, 6.45) is 3.82. The SMILES string of the molecule is CCNc1ccnc(CN2CCN(c3nccc4sccc34)CC2)c1. The highest BCUT2D eigenvalue weighted by atomic mass is 32.1. The van der Waals surface area contributed by atoms with Gasteiger partial charge in [-0.2, -0.15) is 0 Å². The van der Waals surface area contributed by atoms with Crippen molar-refractivity contribution < 1.29 is 0 Å². The first-order valence-electron chi connectivity index (χ1n) is 8.82. The zero-order valence-electron chi connectivity index (χ0n) is 14.5. The average Bonchev–Trinajstić information content (AvgIpc) is 3.12. The molecule has 1 N–H and O–H groups in total. The highest BCUT2D eigenvalue weighted by molar-refractivity contribution is 7.17. The van der Waals surface area contributed by atoms with E-state index in [0.717, 1.165) is 56.5 Å². The van der Waals surface area contributed by atoms with E-state index < -0.39 is 0 Å². The van der Waals surface area contributed by atoms with Gasteiger partial charge in [-0.05, 0) is 36.6 Å². The summed E-state index contributed by atoms with van der Waals surface area (Å²) >= 11 is 1.78. The van der Waals surface area contributed by atoms with Gasteiger partial charge in [0, 0.05) is 67.4 Å². The standard InChI is InChI=1S/C19H23N5S/c1-2-20-15-3-6-21-16(13-15)14-23-8-10-24(11-9-23)19-17-5-12-25-18(17)4-7-22-19/h3-7,12-13H,2,8-11,14H2,1H3,(H,20,21). The fraction of sp³-hybridized carbons (Fsp3) is 0.368. The molecular weight excluding hydrogens is 330 g/mol. The molecule has 1 aliphatic rings. The molecule has 0 spiro atoms. The maximum Gasteiger partial charge on any atom is 0.137 e. The summed E-state index contributed by atoms with van der Waals surface area (Å²) in [5.74, 6) is 1.13. The second-order valence-corrected chi connectivity index (χ2v) is 7.24. The van der Waals surface area contributed by atoms with Crippen molar-refractivity contribution in [2.45, 2.75) is 13.5 Å². The number of piperazine rings is 1. The van der Waals surface area contributed by atoms with E-state index in [1.807, 2.05) is 18.5 Å². The molecule has 0 atom stereocenters. The topological polar surface area (TPSA) is 44.3 Å². The fourth-order valence-corrected chi connectivity index (χ4v) is 4.13. The summed E-state index contributed by atoms with van der Waals surface area (Å²) in [7, 11) is 0. The van der Waals surface area contributed by atoms with E-state index in [-0.39, 0.29) is 0 Å². The number of hydrogen-bond acceptors (Lipinski definition) is 6. The molecule has 0 radical (unpaired) electrons. The van der Waals surface area contributed by atoms with Crippen molar-refractivity contribution in [2.75, 3.05) is 42.9 Å². The fourth-order valence-electron chi connectivity index (χ4n) is 3.36. The van der Waals surface area contributed by atoms with Crippen molar-refractivity contribution in [3.05, 3.63) is 47.7 Å². The molecule has 0 unspecified atom stereocenters. The predicted octanol–water partition coefficient (Wildman–Crippen LogP) is 3.45. The molecule has 4 heterocycles. The molecule has 0 aliphatic carbocycles. The maximum absolute atomic E-state index is 4.64. The number of hydrogen-bond donors (Lipinski definition) is 1. The zero-order valence-corrected chi connectivity index (χ0v) is 15.3. The smallest absolute Gasteiger partial charge is 0.137 e. The number of thiophene rings is 1. The highest BCUT2D eigenvalue weighted by Gasteiger charge is 2.20. The first kappa shape index (κ1) is 16.3. The molecule has 3 aromatic heterocycles. The Labute approximate surface area is 152 Å². The third-order valence-electron chi connectivity index (χ3n) is 4.61. The largest absolute Gasteiger partial charge is 0.385 e. The summed E-state index contributed by atoms with van der Waals surface area (Å²) in [6, 6.07) is 8.47. The van der Waals surface area contributed by atoms with Gasteiger partial charge in [-0.15, -0.1) is 11.3 Å². The van der Waals surface area contributed by atoms with Crippen molar-refractivity contribution in [3.63, 3.8) is 0 Å². The Kier molecular flexibility index (Phi) is 4.81. The lowest BCUT2D eigenvalue weighted by Gasteiger charge is -2.35. The van der Waals surface area contributed by atoms with Crippen LogP contribution in [0.15, 0.2) is 42.0 Å². The number of pyridine rings is 2. The van der Waals surface area contributed by atoms with Crippen LogP contribution in [0.2, 0.25) is 0 Å². The maximum atomic E-state index is 4.64. The number of fused-ring (bicyclic) bond motifs is 1. The molecule has 130 valence electrons. The summed E-state index contributed by atoms with van der Waals surface area (Å²) < 4.78 is 1.32. The second-order valence-electron chi connectivity index (χ2n) is 6.30. The quantitative estimate of drug-likeness (QED) is 0.761. The second kappa shape index (κ2) is 7.37. The van der Waals surface area contributed by atoms with E-state index >= 15 is 0 Å². The molecule has 0 saturated carbocycles. The molecule has 1 aliphatic heterocycles. The Bertz CT molecular complexity index is 838. The Morgan fingerprint density at radius 2 is 1.92 bits per heavy atom. The van der Waals surface area contributed by atoms with Gasteiger partial charge in [0.25, 0.3) is 0 Å². The van der Waals surface area contributed by atoms with Crippen molar-refractivity contribution in [1.82, 2.24) is 14.9 Å². The van der Waals surface area contributed by atoms with Gasteiger partial charge in [-0.3, -0.25) is 9.88 Å². The molecule has 0 bridgehead atoms. The molecule has 3 aromatic rings. The molecule has 0 amide bonds. The molecule has 4 rings (SSSR count). The van der Waals surface area contributed by atoms with Gasteiger partial charge in [-0.1, -0.05) is 0 Å². The van der Waals surface area contributed by atoms with Crippen LogP contribution in [0.4, 0.5) is 11.5 Å². The first-order valence-corrected chi connectivity index (χ1v) is 9.70. The average molecular weight is 353 g/mol. The monoisotopic (exact) mass is 353 g/mol. The minimum absolute atomic E-state index is 0.906. The first-order chi connectivity index (χ1) is 12.3. The van der Waals surface area contributed by atoms with Crippen molar-refractivity contribution in [1.29, 1.82) is 0 Å². The van der Waals surface area contributed by atoms with Gasteiger partial charge >= 0.3 is 0 Å². The molecule has 25 heavy (non-hydrogen) atoms. The minimum Gasteiger partial charge on any atom is -0.385 e. The summed E-state index contributed by atoms with van der Waals surface area (Å²) in [4.78, 5) is 14.0. The van der Waals surface area contributed by atoms with E-state index in [4.69, 9.17) is 0 Å². The predicted molar refractivity (Wildman–Crippen MR) is 106 cm³/mol. The van der Waals surface area contributed by atoms with Crippen molar-refractivity contribution >= 4 is 32.9 Å². The van der Waals surface area contributed by atoms with Gasteiger partial charge in [0.1, 0.15) is 5.82 Å². The van der Waals surface area contributed by atoms with Crippen molar-refractivity contribution in [2.24, 2.45) is 0 Å². The van der Waals surface area contributed by atoms with Gasteiger partial charge in [-0.25, -0.2) is 4.98 Å². The number of anilines is 2. The number of nitrogens with one attached hydrogen (secondary N) is 1. The van der Waals surface area contributed by atoms with Gasteiger partial charge in [0.15, 0.2) is 0 Å². The number of nitrogens with zero attached hydrogens (tertiary/aromatic N) is 4. The summed E-state index contributed by atoms with van der Waals surface area (Å²) in [5, 5.41) is 6.78. The van der Waals surface area contributed by atoms with Gasteiger partial charge in [0.05, 0.1) is 5.69 Å². The zero-order chi connectivity index (χ0) is 17.1. The van der Waals surface area contributed by atoms with Crippen LogP contribution in [0.3, 0.4) is 0 Å². The van der Waals surface area contributed by atoms with E-state index in [9.17, 15) is 0 Å². The lowest BCUT2D eigenvalue weighted by atomic mass is 10.2. The Morgan fingerprint density at radius 1 is 1.08 bits per heavy atom. The molecule has 5 nitrogen and oxygen atoms in total. The minimum atomic E-state index is 0.906. The van der Waals surface area contributed by atoms with E-state index in [1.54, 1.807) is 11.3 Å². The highest BCUT2D eigenvalue weighted by Crippen LogP contribution is 2.29. The van der Waals surface area contributed by atoms with Crippen LogP contribution in [0, 0.1) is 0 Å². The molecular formula is C19H23N5S. The lowest BCUT2D eigenvalue weighted by Crippen LogP contribution is -2.46. The van der Waals surface area contributed by atoms with Crippen LogP contribution in [0.25, 0.3) is 10.1 Å². The van der Waals surface area contributed by atoms with Gasteiger partial charge < -0.3 is 10.2 Å². The molecule has 0 aromatic carbocycles. The molecule has 1 saturated heterocycles. The van der Waals surface area contributed by atoms with Crippen LogP contribution in [-0.2, 0) is 6.54 Å². The Balaban J connectivity index is 1.40. The number of rotatable bonds is 5.